The molecule has 0 saturated heterocycles. The third-order valence-corrected chi connectivity index (χ3v) is 15.5. The summed E-state index contributed by atoms with van der Waals surface area (Å²) in [7, 11) is 10.5. The number of aryl methyl sites for hydroxylation is 7. The topological polar surface area (TPSA) is 23.3 Å². The van der Waals surface area contributed by atoms with Crippen LogP contribution in [0.4, 0.5) is 0 Å². The van der Waals surface area contributed by atoms with E-state index in [9.17, 15) is 0 Å². The Balaban J connectivity index is 0.000000193. The van der Waals surface area contributed by atoms with Gasteiger partial charge in [-0.05, 0) is 201 Å². The molecular weight excluding hydrogens is 1120 g/mol. The SMILES string of the molecule is [2H]c1c(C([2H])([2H])[2H])ccc(-c2ccccc2C)[n+]1C.[2H]c1c([2H])c(-c2ccccc2C)[n+](C)c([2H])c1C([2H])([2H])[2H].[2H]c1cc(C([2H])([2H])[2H])cc(-c2ccccc2C)[n+]1C.[2H]c1cc([2H])c(C)c(-c2c([2H])c(C)c(C)c([2H])[n+]2C)c1.[2H]c1cc([2H])c(C)c(-c2cc(C)c(C)c([2H])[n+]2C)c1.[2H]c1cc([2H])c(C)c(-c2cc(C)cc([2H])[n+]2C)c1. The molecule has 0 unspecified atom stereocenters. The number of benzene rings is 6. The van der Waals surface area contributed by atoms with Gasteiger partial charge in [0.25, 0.3) is 0 Å². The molecule has 0 fully saturated rings. The Labute approximate surface area is 586 Å². The largest absolute Gasteiger partial charge is 0.212 e. The molecule has 0 radical (unpaired) electrons. The van der Waals surface area contributed by atoms with Crippen LogP contribution in [0.1, 0.15) is 111 Å². The zero-order valence-electron chi connectivity index (χ0n) is 80.1. The van der Waals surface area contributed by atoms with Gasteiger partial charge in [0.05, 0.1) is 12.3 Å². The van der Waals surface area contributed by atoms with Crippen molar-refractivity contribution in [3.8, 4) is 67.5 Å². The lowest BCUT2D eigenvalue weighted by atomic mass is 10.0. The van der Waals surface area contributed by atoms with Crippen molar-refractivity contribution in [2.24, 2.45) is 42.3 Å². The number of hydrogen-bond donors (Lipinski definition) is 0. The zero-order valence-corrected chi connectivity index (χ0v) is 56.1. The van der Waals surface area contributed by atoms with Gasteiger partial charge in [0.2, 0.25) is 34.2 Å². The number of nitrogens with zero attached hydrogens (tertiary/aromatic N) is 6. The van der Waals surface area contributed by atoms with E-state index in [1.54, 1.807) is 95.0 Å². The third kappa shape index (κ3) is 18.7. The van der Waals surface area contributed by atoms with Crippen molar-refractivity contribution >= 4 is 0 Å². The van der Waals surface area contributed by atoms with Gasteiger partial charge in [0.1, 0.15) is 50.5 Å². The van der Waals surface area contributed by atoms with Crippen LogP contribution in [0.5, 0.6) is 0 Å². The van der Waals surface area contributed by atoms with Crippen molar-refractivity contribution in [2.75, 3.05) is 0 Å². The van der Waals surface area contributed by atoms with E-state index in [0.717, 1.165) is 112 Å². The highest BCUT2D eigenvalue weighted by Gasteiger charge is 2.18. The van der Waals surface area contributed by atoms with E-state index in [1.807, 2.05) is 174 Å². The Kier molecular flexibility index (Phi) is 15.4. The molecule has 0 atom stereocenters. The van der Waals surface area contributed by atoms with Crippen molar-refractivity contribution in [2.45, 2.75) is 96.7 Å². The average molecular weight is 1240 g/mol. The molecule has 12 aromatic rings. The van der Waals surface area contributed by atoms with Gasteiger partial charge in [-0.1, -0.05) is 109 Å². The predicted molar refractivity (Wildman–Crippen MR) is 385 cm³/mol. The first-order chi connectivity index (χ1) is 53.8. The van der Waals surface area contributed by atoms with Crippen molar-refractivity contribution in [3.05, 3.63) is 321 Å². The van der Waals surface area contributed by atoms with Gasteiger partial charge in [-0.15, -0.1) is 0 Å². The van der Waals surface area contributed by atoms with E-state index < -0.39 is 26.6 Å². The molecule has 0 amide bonds. The van der Waals surface area contributed by atoms with Crippen LogP contribution in [0.25, 0.3) is 67.5 Å². The molecule has 0 spiro atoms. The van der Waals surface area contributed by atoms with Gasteiger partial charge in [-0.3, -0.25) is 0 Å². The summed E-state index contributed by atoms with van der Waals surface area (Å²) in [5.74, 6) is 0. The van der Waals surface area contributed by atoms with E-state index in [2.05, 4.69) is 0 Å². The Hall–Kier alpha value is -9.78. The van der Waals surface area contributed by atoms with Crippen molar-refractivity contribution < 1.29 is 60.3 Å². The molecule has 0 aliphatic heterocycles. The average Bonchev–Trinajstić information content (AvgIpc) is 0.755. The Morgan fingerprint density at radius 3 is 1.13 bits per heavy atom. The maximum absolute atomic E-state index is 8.32. The second-order valence-electron chi connectivity index (χ2n) is 22.6. The van der Waals surface area contributed by atoms with E-state index >= 15 is 0 Å². The molecule has 0 bridgehead atoms. The normalized spacial score (nSPS) is 14.5. The summed E-state index contributed by atoms with van der Waals surface area (Å²) in [6.07, 6.45) is 1.21. The van der Waals surface area contributed by atoms with E-state index in [4.69, 9.17) is 32.9 Å². The van der Waals surface area contributed by atoms with Crippen molar-refractivity contribution in [3.63, 3.8) is 0 Å². The molecule has 6 heterocycles. The standard InChI is InChI=1S/2C15H18N.4C14H16N/c2*1-11-7-5-6-8-14(11)15-9-12(2)13(3)10-16(15)4;2*1-11-8-9-15(3)14(10-11)13-7-5-4-6-12(13)2;2*1-11-8-9-14(15(3)10-11)13-7-5-4-6-12(13)2/h2*5-10H,1-4H3;4*4-10H,1-3H3/q6*+1/i6D,7D,9D,10D;6D,7D,10D;5D,6D,9D;1D3,9D;1D3,8D,9D,10D;1D3,10D. The van der Waals surface area contributed by atoms with Crippen LogP contribution < -0.4 is 27.4 Å². The first-order valence-corrected chi connectivity index (χ1v) is 30.1. The number of aromatic nitrogens is 6. The van der Waals surface area contributed by atoms with E-state index in [0.29, 0.717) is 65.7 Å². The van der Waals surface area contributed by atoms with Crippen LogP contribution in [0.3, 0.4) is 0 Å². The molecule has 0 N–H and O–H groups in total. The third-order valence-electron chi connectivity index (χ3n) is 15.5. The fourth-order valence-corrected chi connectivity index (χ4v) is 9.97. The maximum Gasteiger partial charge on any atom is 0.212 e. The zero-order chi connectivity index (χ0) is 87.3. The molecule has 6 nitrogen and oxygen atoms in total. The highest BCUT2D eigenvalue weighted by atomic mass is 14.9. The van der Waals surface area contributed by atoms with Gasteiger partial charge in [-0.2, -0.15) is 0 Å². The summed E-state index contributed by atoms with van der Waals surface area (Å²) in [5, 5.41) is 0. The Morgan fingerprint density at radius 2 is 0.630 bits per heavy atom. The van der Waals surface area contributed by atoms with Crippen LogP contribution in [-0.2, 0) is 42.3 Å². The summed E-state index contributed by atoms with van der Waals surface area (Å²) >= 11 is 0. The fourth-order valence-electron chi connectivity index (χ4n) is 9.97. The minimum absolute atomic E-state index is 0.0285. The van der Waals surface area contributed by atoms with Crippen LogP contribution >= 0.6 is 0 Å². The number of pyridine rings is 6. The summed E-state index contributed by atoms with van der Waals surface area (Å²) < 4.78 is 197. The Bertz CT molecular complexity index is 5620. The van der Waals surface area contributed by atoms with Gasteiger partial charge in [0, 0.05) is 116 Å². The van der Waals surface area contributed by atoms with Gasteiger partial charge < -0.3 is 0 Å². The first kappa shape index (κ1) is 43.1. The molecule has 6 heteroatoms. The van der Waals surface area contributed by atoms with Crippen LogP contribution in [0, 0.1) is 96.7 Å². The van der Waals surface area contributed by atoms with E-state index in [-0.39, 0.29) is 53.3 Å². The molecule has 92 heavy (non-hydrogen) atoms. The Morgan fingerprint density at radius 1 is 0.250 bits per heavy atom. The van der Waals surface area contributed by atoms with Gasteiger partial charge in [0.15, 0.2) is 37.0 Å². The summed E-state index contributed by atoms with van der Waals surface area (Å²) in [4.78, 5) is 0. The maximum atomic E-state index is 8.32. The molecule has 6 aromatic carbocycles. The first-order valence-electron chi connectivity index (χ1n) is 42.1. The van der Waals surface area contributed by atoms with Gasteiger partial charge >= 0.3 is 0 Å². The minimum atomic E-state index is -2.58. The number of hydrogen-bond acceptors (Lipinski definition) is 0. The van der Waals surface area contributed by atoms with Gasteiger partial charge in [-0.25, -0.2) is 27.4 Å². The predicted octanol–water partition coefficient (Wildman–Crippen LogP) is 17.4. The molecule has 468 valence electrons. The lowest BCUT2D eigenvalue weighted by Gasteiger charge is -2.06. The summed E-state index contributed by atoms with van der Waals surface area (Å²) in [6, 6.07) is 46.6. The minimum Gasteiger partial charge on any atom is -0.201 e. The van der Waals surface area contributed by atoms with Crippen LogP contribution in [-0.4, -0.2) is 0 Å². The van der Waals surface area contributed by atoms with Crippen molar-refractivity contribution in [1.29, 1.82) is 0 Å². The number of rotatable bonds is 6. The molecule has 0 saturated carbocycles. The molecule has 12 rings (SSSR count). The van der Waals surface area contributed by atoms with E-state index in [1.165, 1.54) is 28.8 Å². The monoisotopic (exact) mass is 1240 g/mol. The summed E-state index contributed by atoms with van der Waals surface area (Å²) in [6.45, 7) is 13.9. The smallest absolute Gasteiger partial charge is 0.201 e. The highest BCUT2D eigenvalue weighted by molar-refractivity contribution is 5.65. The molecule has 6 aromatic heterocycles. The summed E-state index contributed by atoms with van der Waals surface area (Å²) in [5.41, 5.74) is 19.3. The fraction of sp³-hybridized carbons (Fsp3) is 0.233. The highest BCUT2D eigenvalue weighted by Crippen LogP contribution is 2.26. The second-order valence-corrected chi connectivity index (χ2v) is 22.6. The second kappa shape index (κ2) is 32.8. The van der Waals surface area contributed by atoms with Crippen molar-refractivity contribution in [1.82, 2.24) is 0 Å². The molecular formula is C86H100N6+6. The molecule has 0 aliphatic carbocycles. The quantitative estimate of drug-likeness (QED) is 0.148. The lowest BCUT2D eigenvalue weighted by Crippen LogP contribution is -2.31. The molecule has 0 aliphatic rings. The van der Waals surface area contributed by atoms with Crippen LogP contribution in [0.15, 0.2) is 243 Å². The lowest BCUT2D eigenvalue weighted by molar-refractivity contribution is -0.660. The van der Waals surface area contributed by atoms with Crippen LogP contribution in [0.2, 0.25) is 0 Å².